The molecule has 0 spiro atoms. The first-order valence-electron chi connectivity index (χ1n) is 11.9. The molecule has 0 bridgehead atoms. The molecule has 1 aromatic carbocycles. The third-order valence-electron chi connectivity index (χ3n) is 6.34. The molecule has 0 saturated carbocycles. The Morgan fingerprint density at radius 1 is 1.09 bits per heavy atom. The number of fused-ring (bicyclic) bond motifs is 1. The van der Waals surface area contributed by atoms with Crippen molar-refractivity contribution in [3.8, 4) is 11.6 Å². The molecule has 1 saturated heterocycles. The van der Waals surface area contributed by atoms with E-state index in [9.17, 15) is 9.59 Å². The normalized spacial score (nSPS) is 14.4. The second kappa shape index (κ2) is 10.2. The highest BCUT2D eigenvalue weighted by Gasteiger charge is 2.28. The summed E-state index contributed by atoms with van der Waals surface area (Å²) in [5.41, 5.74) is 4.81. The van der Waals surface area contributed by atoms with Gasteiger partial charge in [0.15, 0.2) is 12.3 Å². The van der Waals surface area contributed by atoms with Crippen LogP contribution >= 0.6 is 0 Å². The van der Waals surface area contributed by atoms with Crippen molar-refractivity contribution in [2.24, 2.45) is 5.92 Å². The number of esters is 1. The fourth-order valence-corrected chi connectivity index (χ4v) is 4.42. The topological polar surface area (TPSA) is 86.5 Å². The van der Waals surface area contributed by atoms with Crippen LogP contribution in [0.3, 0.4) is 0 Å². The van der Waals surface area contributed by atoms with Gasteiger partial charge in [0.05, 0.1) is 23.9 Å². The lowest BCUT2D eigenvalue weighted by Crippen LogP contribution is -2.42. The van der Waals surface area contributed by atoms with Crippen LogP contribution in [0, 0.1) is 19.8 Å². The first-order valence-corrected chi connectivity index (χ1v) is 11.9. The Morgan fingerprint density at radius 2 is 1.79 bits per heavy atom. The van der Waals surface area contributed by atoms with Crippen LogP contribution in [0.15, 0.2) is 30.3 Å². The first kappa shape index (κ1) is 23.7. The van der Waals surface area contributed by atoms with Crippen molar-refractivity contribution < 1.29 is 19.1 Å². The third-order valence-corrected chi connectivity index (χ3v) is 6.34. The van der Waals surface area contributed by atoms with Gasteiger partial charge < -0.3 is 14.4 Å². The Balaban J connectivity index is 1.49. The summed E-state index contributed by atoms with van der Waals surface area (Å²) in [6, 6.07) is 10.0. The molecule has 0 radical (unpaired) electrons. The van der Waals surface area contributed by atoms with Gasteiger partial charge in [-0.3, -0.25) is 9.59 Å². The van der Waals surface area contributed by atoms with Crippen molar-refractivity contribution in [1.82, 2.24) is 19.7 Å². The van der Waals surface area contributed by atoms with Gasteiger partial charge in [-0.2, -0.15) is 10.1 Å². The maximum Gasteiger partial charge on any atom is 0.309 e. The van der Waals surface area contributed by atoms with Crippen LogP contribution in [-0.2, 0) is 20.7 Å². The van der Waals surface area contributed by atoms with Crippen molar-refractivity contribution >= 4 is 22.9 Å². The Morgan fingerprint density at radius 3 is 2.44 bits per heavy atom. The standard InChI is InChI=1S/C26H32N4O4/c1-5-19-15-22(34-16-23(31)29-13-11-20(12-14-29)26(32)33-6-2)27-25-24(19)18(4)28-30(25)21-9-7-17(3)8-10-21/h7-10,15,20H,5-6,11-14,16H2,1-4H3. The average Bonchev–Trinajstić information content (AvgIpc) is 3.19. The van der Waals surface area contributed by atoms with E-state index in [1.807, 2.05) is 48.9 Å². The smallest absolute Gasteiger partial charge is 0.309 e. The van der Waals surface area contributed by atoms with Crippen LogP contribution in [0.2, 0.25) is 0 Å². The lowest BCUT2D eigenvalue weighted by molar-refractivity contribution is -0.151. The van der Waals surface area contributed by atoms with E-state index in [0.717, 1.165) is 34.4 Å². The molecule has 1 amide bonds. The number of benzene rings is 1. The number of amides is 1. The van der Waals surface area contributed by atoms with E-state index in [2.05, 4.69) is 6.92 Å². The molecule has 34 heavy (non-hydrogen) atoms. The minimum Gasteiger partial charge on any atom is -0.467 e. The van der Waals surface area contributed by atoms with Crippen molar-refractivity contribution in [3.05, 3.63) is 47.2 Å². The molecule has 1 fully saturated rings. The molecule has 3 aromatic rings. The predicted octanol–water partition coefficient (Wildman–Crippen LogP) is 3.78. The Kier molecular flexibility index (Phi) is 7.14. The van der Waals surface area contributed by atoms with Crippen molar-refractivity contribution in [3.63, 3.8) is 0 Å². The maximum atomic E-state index is 12.8. The number of hydrogen-bond donors (Lipinski definition) is 0. The van der Waals surface area contributed by atoms with Gasteiger partial charge >= 0.3 is 5.97 Å². The lowest BCUT2D eigenvalue weighted by Gasteiger charge is -2.30. The maximum absolute atomic E-state index is 12.8. The molecule has 8 nitrogen and oxygen atoms in total. The molecule has 0 unspecified atom stereocenters. The van der Waals surface area contributed by atoms with Gasteiger partial charge in [0, 0.05) is 24.5 Å². The molecule has 1 aliphatic rings. The summed E-state index contributed by atoms with van der Waals surface area (Å²) in [5.74, 6) is 0.000168. The molecule has 8 heteroatoms. The van der Waals surface area contributed by atoms with E-state index in [0.29, 0.717) is 38.4 Å². The predicted molar refractivity (Wildman–Crippen MR) is 129 cm³/mol. The lowest BCUT2D eigenvalue weighted by atomic mass is 9.97. The fraction of sp³-hybridized carbons (Fsp3) is 0.462. The van der Waals surface area contributed by atoms with E-state index >= 15 is 0 Å². The van der Waals surface area contributed by atoms with Crippen LogP contribution < -0.4 is 4.74 Å². The van der Waals surface area contributed by atoms with Gasteiger partial charge in [-0.25, -0.2) is 4.68 Å². The number of carbonyl (C=O) groups is 2. The molecule has 0 N–H and O–H groups in total. The van der Waals surface area contributed by atoms with Crippen LogP contribution in [0.1, 0.15) is 43.5 Å². The van der Waals surface area contributed by atoms with E-state index in [4.69, 9.17) is 19.6 Å². The SMILES string of the molecule is CCOC(=O)C1CCN(C(=O)COc2cc(CC)c3c(C)nn(-c4ccc(C)cc4)c3n2)CC1. The van der Waals surface area contributed by atoms with E-state index in [1.54, 1.807) is 11.8 Å². The van der Waals surface area contributed by atoms with E-state index in [-0.39, 0.29) is 24.4 Å². The minimum atomic E-state index is -0.170. The number of aromatic nitrogens is 3. The summed E-state index contributed by atoms with van der Waals surface area (Å²) in [4.78, 5) is 31.2. The highest BCUT2D eigenvalue weighted by Crippen LogP contribution is 2.28. The zero-order valence-electron chi connectivity index (χ0n) is 20.3. The molecular weight excluding hydrogens is 432 g/mol. The Hall–Kier alpha value is -3.42. The van der Waals surface area contributed by atoms with Gasteiger partial charge in [0.1, 0.15) is 0 Å². The molecular formula is C26H32N4O4. The highest BCUT2D eigenvalue weighted by atomic mass is 16.5. The third kappa shape index (κ3) is 4.90. The molecule has 1 aliphatic heterocycles. The van der Waals surface area contributed by atoms with Gasteiger partial charge in [-0.05, 0) is 57.7 Å². The molecule has 3 heterocycles. The quantitative estimate of drug-likeness (QED) is 0.495. The average molecular weight is 465 g/mol. The number of rotatable bonds is 7. The molecule has 0 atom stereocenters. The molecule has 0 aliphatic carbocycles. The van der Waals surface area contributed by atoms with Crippen LogP contribution in [-0.4, -0.2) is 57.8 Å². The number of ether oxygens (including phenoxy) is 2. The summed E-state index contributed by atoms with van der Waals surface area (Å²) in [7, 11) is 0. The highest BCUT2D eigenvalue weighted by molar-refractivity contribution is 5.84. The summed E-state index contributed by atoms with van der Waals surface area (Å²) in [6.07, 6.45) is 2.03. The van der Waals surface area contributed by atoms with Crippen molar-refractivity contribution in [2.75, 3.05) is 26.3 Å². The zero-order valence-corrected chi connectivity index (χ0v) is 20.3. The molecule has 180 valence electrons. The number of piperidine rings is 1. The summed E-state index contributed by atoms with van der Waals surface area (Å²) >= 11 is 0. The Labute approximate surface area is 199 Å². The first-order chi connectivity index (χ1) is 16.4. The van der Waals surface area contributed by atoms with Crippen molar-refractivity contribution in [2.45, 2.75) is 47.0 Å². The number of aryl methyl sites for hydroxylation is 3. The van der Waals surface area contributed by atoms with Gasteiger partial charge in [-0.1, -0.05) is 24.6 Å². The second-order valence-corrected chi connectivity index (χ2v) is 8.70. The van der Waals surface area contributed by atoms with Gasteiger partial charge in [0.2, 0.25) is 5.88 Å². The number of hydrogen-bond acceptors (Lipinski definition) is 6. The Bertz CT molecular complexity index is 1180. The monoisotopic (exact) mass is 464 g/mol. The summed E-state index contributed by atoms with van der Waals surface area (Å²) in [5, 5.41) is 5.74. The van der Waals surface area contributed by atoms with Crippen molar-refractivity contribution in [1.29, 1.82) is 0 Å². The fourth-order valence-electron chi connectivity index (χ4n) is 4.42. The minimum absolute atomic E-state index is 0.0939. The number of nitrogens with zero attached hydrogens (tertiary/aromatic N) is 4. The van der Waals surface area contributed by atoms with Crippen LogP contribution in [0.25, 0.3) is 16.7 Å². The van der Waals surface area contributed by atoms with E-state index < -0.39 is 0 Å². The van der Waals surface area contributed by atoms with Gasteiger partial charge in [0.25, 0.3) is 5.91 Å². The summed E-state index contributed by atoms with van der Waals surface area (Å²) < 4.78 is 12.8. The van der Waals surface area contributed by atoms with Crippen LogP contribution in [0.4, 0.5) is 0 Å². The number of likely N-dealkylation sites (tertiary alicyclic amines) is 1. The second-order valence-electron chi connectivity index (χ2n) is 8.70. The molecule has 2 aromatic heterocycles. The largest absolute Gasteiger partial charge is 0.467 e. The van der Waals surface area contributed by atoms with Gasteiger partial charge in [-0.15, -0.1) is 0 Å². The zero-order chi connectivity index (χ0) is 24.2. The number of carbonyl (C=O) groups excluding carboxylic acids is 2. The van der Waals surface area contributed by atoms with Crippen LogP contribution in [0.5, 0.6) is 5.88 Å². The number of pyridine rings is 1. The van der Waals surface area contributed by atoms with E-state index in [1.165, 1.54) is 5.56 Å². The summed E-state index contributed by atoms with van der Waals surface area (Å²) in [6.45, 7) is 9.26. The molecule has 4 rings (SSSR count).